The average molecular weight is 308 g/mol. The smallest absolute Gasteiger partial charge is 0.183 e. The summed E-state index contributed by atoms with van der Waals surface area (Å²) in [4.78, 5) is 5.43. The highest BCUT2D eigenvalue weighted by atomic mass is 32.2. The van der Waals surface area contributed by atoms with Crippen molar-refractivity contribution in [1.82, 2.24) is 25.4 Å². The SMILES string of the molecule is CCSc1ccc(-c2nc(-c3ccnnc3)n[nH]2)cc1C#N. The van der Waals surface area contributed by atoms with Crippen LogP contribution in [0.2, 0.25) is 0 Å². The molecule has 0 aliphatic heterocycles. The van der Waals surface area contributed by atoms with E-state index in [9.17, 15) is 5.26 Å². The molecule has 0 aliphatic carbocycles. The number of benzene rings is 1. The molecule has 0 radical (unpaired) electrons. The first-order valence-corrected chi connectivity index (χ1v) is 7.67. The Kier molecular flexibility index (Phi) is 4.12. The largest absolute Gasteiger partial charge is 0.259 e. The summed E-state index contributed by atoms with van der Waals surface area (Å²) in [6.45, 7) is 2.06. The maximum Gasteiger partial charge on any atom is 0.183 e. The topological polar surface area (TPSA) is 91.1 Å². The molecule has 0 atom stereocenters. The average Bonchev–Trinajstić information content (AvgIpc) is 3.06. The molecule has 3 rings (SSSR count). The predicted molar refractivity (Wildman–Crippen MR) is 84.0 cm³/mol. The molecule has 6 nitrogen and oxygen atoms in total. The van der Waals surface area contributed by atoms with Gasteiger partial charge >= 0.3 is 0 Å². The van der Waals surface area contributed by atoms with Crippen LogP contribution in [0, 0.1) is 11.3 Å². The van der Waals surface area contributed by atoms with Gasteiger partial charge in [-0.3, -0.25) is 5.10 Å². The molecular formula is C15H12N6S. The van der Waals surface area contributed by atoms with E-state index in [0.717, 1.165) is 21.8 Å². The van der Waals surface area contributed by atoms with Crippen molar-refractivity contribution in [3.8, 4) is 28.8 Å². The monoisotopic (exact) mass is 308 g/mol. The third-order valence-corrected chi connectivity index (χ3v) is 3.96. The highest BCUT2D eigenvalue weighted by Gasteiger charge is 2.10. The lowest BCUT2D eigenvalue weighted by Crippen LogP contribution is -1.87. The lowest BCUT2D eigenvalue weighted by Gasteiger charge is -2.03. The number of hydrogen-bond donors (Lipinski definition) is 1. The minimum atomic E-state index is 0.551. The van der Waals surface area contributed by atoms with Gasteiger partial charge in [-0.05, 0) is 24.0 Å². The molecule has 0 spiro atoms. The Bertz CT molecular complexity index is 822. The van der Waals surface area contributed by atoms with Crippen LogP contribution in [0.3, 0.4) is 0 Å². The summed E-state index contributed by atoms with van der Waals surface area (Å²) in [6, 6.07) is 9.73. The molecule has 1 N–H and O–H groups in total. The lowest BCUT2D eigenvalue weighted by molar-refractivity contribution is 1.02. The van der Waals surface area contributed by atoms with Crippen LogP contribution in [0.4, 0.5) is 0 Å². The maximum absolute atomic E-state index is 9.27. The number of aromatic amines is 1. The Morgan fingerprint density at radius 3 is 2.86 bits per heavy atom. The summed E-state index contributed by atoms with van der Waals surface area (Å²) in [5, 5.41) is 23.9. The van der Waals surface area contributed by atoms with Gasteiger partial charge < -0.3 is 0 Å². The van der Waals surface area contributed by atoms with E-state index in [4.69, 9.17) is 0 Å². The van der Waals surface area contributed by atoms with Crippen LogP contribution in [0.1, 0.15) is 12.5 Å². The summed E-state index contributed by atoms with van der Waals surface area (Å²) in [5.41, 5.74) is 2.27. The number of H-pyrrole nitrogens is 1. The van der Waals surface area contributed by atoms with Gasteiger partial charge in [0, 0.05) is 16.0 Å². The van der Waals surface area contributed by atoms with E-state index in [-0.39, 0.29) is 0 Å². The normalized spacial score (nSPS) is 10.4. The van der Waals surface area contributed by atoms with E-state index in [1.54, 1.807) is 30.2 Å². The van der Waals surface area contributed by atoms with Crippen LogP contribution in [0.15, 0.2) is 41.6 Å². The van der Waals surface area contributed by atoms with Gasteiger partial charge in [-0.1, -0.05) is 13.0 Å². The number of hydrogen-bond acceptors (Lipinski definition) is 6. The van der Waals surface area contributed by atoms with Crippen LogP contribution in [0.5, 0.6) is 0 Å². The lowest BCUT2D eigenvalue weighted by atomic mass is 10.1. The second-order valence-corrected chi connectivity index (χ2v) is 5.70. The Hall–Kier alpha value is -2.72. The third-order valence-electron chi connectivity index (χ3n) is 3.00. The van der Waals surface area contributed by atoms with Gasteiger partial charge in [0.1, 0.15) is 6.07 Å². The molecule has 108 valence electrons. The molecule has 22 heavy (non-hydrogen) atoms. The molecular weight excluding hydrogens is 296 g/mol. The summed E-state index contributed by atoms with van der Waals surface area (Å²) in [7, 11) is 0. The molecule has 0 fully saturated rings. The molecule has 2 aromatic heterocycles. The first kappa shape index (κ1) is 14.2. The first-order valence-electron chi connectivity index (χ1n) is 6.68. The zero-order chi connectivity index (χ0) is 15.4. The van der Waals surface area contributed by atoms with Gasteiger partial charge in [0.15, 0.2) is 11.6 Å². The van der Waals surface area contributed by atoms with Crippen LogP contribution in [0.25, 0.3) is 22.8 Å². The molecule has 0 amide bonds. The van der Waals surface area contributed by atoms with E-state index in [0.29, 0.717) is 17.2 Å². The van der Waals surface area contributed by atoms with Crippen molar-refractivity contribution in [2.75, 3.05) is 5.75 Å². The number of thioether (sulfide) groups is 1. The number of nitrogens with zero attached hydrogens (tertiary/aromatic N) is 5. The molecule has 7 heteroatoms. The van der Waals surface area contributed by atoms with Crippen molar-refractivity contribution in [2.24, 2.45) is 0 Å². The predicted octanol–water partition coefficient (Wildman–Crippen LogP) is 2.91. The van der Waals surface area contributed by atoms with E-state index in [1.165, 1.54) is 0 Å². The molecule has 2 heterocycles. The van der Waals surface area contributed by atoms with Crippen molar-refractivity contribution in [3.63, 3.8) is 0 Å². The Morgan fingerprint density at radius 1 is 1.23 bits per heavy atom. The van der Waals surface area contributed by atoms with Crippen molar-refractivity contribution >= 4 is 11.8 Å². The van der Waals surface area contributed by atoms with Crippen molar-refractivity contribution in [3.05, 3.63) is 42.2 Å². The summed E-state index contributed by atoms with van der Waals surface area (Å²) in [5.74, 6) is 2.10. The van der Waals surface area contributed by atoms with Gasteiger partial charge in [0.25, 0.3) is 0 Å². The molecule has 3 aromatic rings. The molecule has 0 saturated heterocycles. The van der Waals surface area contributed by atoms with Crippen LogP contribution >= 0.6 is 11.8 Å². The summed E-state index contributed by atoms with van der Waals surface area (Å²) >= 11 is 1.65. The Labute approximate surface area is 131 Å². The zero-order valence-electron chi connectivity index (χ0n) is 11.8. The standard InChI is InChI=1S/C15H12N6S/c1-2-22-13-4-3-10(7-12(13)8-16)14-19-15(21-20-14)11-5-6-17-18-9-11/h3-7,9H,2H2,1H3,(H,19,20,21). The maximum atomic E-state index is 9.27. The number of rotatable bonds is 4. The van der Waals surface area contributed by atoms with Crippen molar-refractivity contribution < 1.29 is 0 Å². The van der Waals surface area contributed by atoms with Gasteiger partial charge in [-0.25, -0.2) is 4.98 Å². The fraction of sp³-hybridized carbons (Fsp3) is 0.133. The number of nitrogens with one attached hydrogen (secondary N) is 1. The minimum absolute atomic E-state index is 0.551. The van der Waals surface area contributed by atoms with Gasteiger partial charge in [-0.15, -0.1) is 11.8 Å². The van der Waals surface area contributed by atoms with Crippen molar-refractivity contribution in [2.45, 2.75) is 11.8 Å². The van der Waals surface area contributed by atoms with Gasteiger partial charge in [-0.2, -0.15) is 20.6 Å². The van der Waals surface area contributed by atoms with E-state index in [2.05, 4.69) is 38.4 Å². The first-order chi connectivity index (χ1) is 10.8. The van der Waals surface area contributed by atoms with Crippen molar-refractivity contribution in [1.29, 1.82) is 5.26 Å². The van der Waals surface area contributed by atoms with E-state index in [1.807, 2.05) is 18.2 Å². The zero-order valence-corrected chi connectivity index (χ0v) is 12.6. The molecule has 0 aliphatic rings. The van der Waals surface area contributed by atoms with Crippen LogP contribution in [-0.4, -0.2) is 31.1 Å². The third kappa shape index (κ3) is 2.82. The van der Waals surface area contributed by atoms with Gasteiger partial charge in [0.05, 0.1) is 18.0 Å². The second-order valence-electron chi connectivity index (χ2n) is 4.39. The minimum Gasteiger partial charge on any atom is -0.259 e. The van der Waals surface area contributed by atoms with Gasteiger partial charge in [0.2, 0.25) is 0 Å². The molecule has 0 saturated carbocycles. The highest BCUT2D eigenvalue weighted by molar-refractivity contribution is 7.99. The molecule has 0 unspecified atom stereocenters. The fourth-order valence-electron chi connectivity index (χ4n) is 1.99. The summed E-state index contributed by atoms with van der Waals surface area (Å²) < 4.78 is 0. The molecule has 0 bridgehead atoms. The highest BCUT2D eigenvalue weighted by Crippen LogP contribution is 2.27. The van der Waals surface area contributed by atoms with E-state index >= 15 is 0 Å². The summed E-state index contributed by atoms with van der Waals surface area (Å²) in [6.07, 6.45) is 3.20. The number of aromatic nitrogens is 5. The Morgan fingerprint density at radius 2 is 2.14 bits per heavy atom. The quantitative estimate of drug-likeness (QED) is 0.745. The Balaban J connectivity index is 1.96. The molecule has 1 aromatic carbocycles. The van der Waals surface area contributed by atoms with Crippen LogP contribution in [-0.2, 0) is 0 Å². The van der Waals surface area contributed by atoms with E-state index < -0.39 is 0 Å². The van der Waals surface area contributed by atoms with Crippen LogP contribution < -0.4 is 0 Å². The fourth-order valence-corrected chi connectivity index (χ4v) is 2.72. The second kappa shape index (κ2) is 6.37. The number of nitriles is 1.